The molecular weight excluding hydrogens is 276 g/mol. The van der Waals surface area contributed by atoms with Crippen molar-refractivity contribution in [3.8, 4) is 0 Å². The molecule has 3 aliphatic rings. The van der Waals surface area contributed by atoms with Crippen LogP contribution in [0.15, 0.2) is 0 Å². The highest BCUT2D eigenvalue weighted by Crippen LogP contribution is 2.39. The molecule has 20 heavy (non-hydrogen) atoms. The standard InChI is InChI=1S/C15H26O4S/c16-20(17)18-14(12-7-3-1-4-8-12)11-15(19-20)13-9-5-2-6-10-13/h12-15H,1-11H2/t14-,15-/m1/s1. The zero-order valence-corrected chi connectivity index (χ0v) is 12.9. The van der Waals surface area contributed by atoms with Crippen LogP contribution >= 0.6 is 0 Å². The van der Waals surface area contributed by atoms with Gasteiger partial charge in [0.1, 0.15) is 0 Å². The lowest BCUT2D eigenvalue weighted by molar-refractivity contribution is -0.0252. The van der Waals surface area contributed by atoms with Crippen molar-refractivity contribution >= 4 is 10.4 Å². The van der Waals surface area contributed by atoms with Crippen molar-refractivity contribution in [2.24, 2.45) is 11.8 Å². The summed E-state index contributed by atoms with van der Waals surface area (Å²) in [6, 6.07) is 0. The molecule has 0 radical (unpaired) electrons. The Labute approximate surface area is 122 Å². The van der Waals surface area contributed by atoms with Crippen LogP contribution < -0.4 is 0 Å². The van der Waals surface area contributed by atoms with Crippen LogP contribution in [0.25, 0.3) is 0 Å². The van der Waals surface area contributed by atoms with Crippen molar-refractivity contribution in [1.82, 2.24) is 0 Å². The Hall–Kier alpha value is -0.130. The van der Waals surface area contributed by atoms with E-state index < -0.39 is 10.4 Å². The summed E-state index contributed by atoms with van der Waals surface area (Å²) in [5.41, 5.74) is 0. The van der Waals surface area contributed by atoms with E-state index in [0.717, 1.165) is 32.1 Å². The maximum absolute atomic E-state index is 11.9. The van der Waals surface area contributed by atoms with Gasteiger partial charge in [0.2, 0.25) is 0 Å². The van der Waals surface area contributed by atoms with Gasteiger partial charge in [-0.3, -0.25) is 0 Å². The molecule has 3 rings (SSSR count). The molecule has 1 heterocycles. The normalized spacial score (nSPS) is 36.8. The third kappa shape index (κ3) is 3.55. The molecule has 2 saturated carbocycles. The molecule has 1 saturated heterocycles. The van der Waals surface area contributed by atoms with Gasteiger partial charge in [0.25, 0.3) is 0 Å². The minimum Gasteiger partial charge on any atom is -0.244 e. The van der Waals surface area contributed by atoms with Crippen molar-refractivity contribution < 1.29 is 16.8 Å². The van der Waals surface area contributed by atoms with Crippen molar-refractivity contribution in [1.29, 1.82) is 0 Å². The monoisotopic (exact) mass is 302 g/mol. The van der Waals surface area contributed by atoms with Gasteiger partial charge in [-0.1, -0.05) is 38.5 Å². The van der Waals surface area contributed by atoms with E-state index in [1.54, 1.807) is 0 Å². The van der Waals surface area contributed by atoms with E-state index in [4.69, 9.17) is 8.37 Å². The highest BCUT2D eigenvalue weighted by molar-refractivity contribution is 7.81. The molecular formula is C15H26O4S. The van der Waals surface area contributed by atoms with Crippen LogP contribution in [0.4, 0.5) is 0 Å². The Morgan fingerprint density at radius 1 is 0.650 bits per heavy atom. The Morgan fingerprint density at radius 3 is 1.45 bits per heavy atom. The molecule has 0 aromatic carbocycles. The Kier molecular flexibility index (Phi) is 4.68. The highest BCUT2D eigenvalue weighted by Gasteiger charge is 2.41. The summed E-state index contributed by atoms with van der Waals surface area (Å²) < 4.78 is 34.4. The summed E-state index contributed by atoms with van der Waals surface area (Å²) >= 11 is 0. The summed E-state index contributed by atoms with van der Waals surface area (Å²) in [6.07, 6.45) is 12.3. The average molecular weight is 302 g/mol. The topological polar surface area (TPSA) is 52.6 Å². The van der Waals surface area contributed by atoms with Crippen LogP contribution in [0.5, 0.6) is 0 Å². The molecule has 4 nitrogen and oxygen atoms in total. The van der Waals surface area contributed by atoms with Crippen LogP contribution in [-0.2, 0) is 18.8 Å². The molecule has 0 amide bonds. The van der Waals surface area contributed by atoms with Crippen LogP contribution in [0.1, 0.15) is 70.6 Å². The second kappa shape index (κ2) is 6.32. The van der Waals surface area contributed by atoms with Crippen molar-refractivity contribution in [2.45, 2.75) is 82.8 Å². The van der Waals surface area contributed by atoms with Crippen molar-refractivity contribution in [2.75, 3.05) is 0 Å². The molecule has 3 fully saturated rings. The first kappa shape index (κ1) is 14.8. The molecule has 0 aromatic heterocycles. The van der Waals surface area contributed by atoms with Gasteiger partial charge >= 0.3 is 10.4 Å². The van der Waals surface area contributed by atoms with E-state index in [9.17, 15) is 8.42 Å². The summed E-state index contributed by atoms with van der Waals surface area (Å²) in [6.45, 7) is 0. The first-order chi connectivity index (χ1) is 9.64. The van der Waals surface area contributed by atoms with Crippen LogP contribution in [0.2, 0.25) is 0 Å². The lowest BCUT2D eigenvalue weighted by Crippen LogP contribution is -2.43. The van der Waals surface area contributed by atoms with E-state index >= 15 is 0 Å². The minimum absolute atomic E-state index is 0.138. The molecule has 0 N–H and O–H groups in total. The summed E-state index contributed by atoms with van der Waals surface area (Å²) in [5.74, 6) is 0.821. The van der Waals surface area contributed by atoms with Gasteiger partial charge in [-0.05, 0) is 37.5 Å². The lowest BCUT2D eigenvalue weighted by atomic mass is 9.79. The molecule has 116 valence electrons. The molecule has 0 spiro atoms. The van der Waals surface area contributed by atoms with Gasteiger partial charge in [-0.2, -0.15) is 8.42 Å². The Balaban J connectivity index is 1.68. The van der Waals surface area contributed by atoms with Crippen molar-refractivity contribution in [3.05, 3.63) is 0 Å². The second-order valence-electron chi connectivity index (χ2n) is 6.71. The minimum atomic E-state index is -3.78. The fourth-order valence-electron chi connectivity index (χ4n) is 4.19. The van der Waals surface area contributed by atoms with E-state index in [2.05, 4.69) is 0 Å². The fourth-order valence-corrected chi connectivity index (χ4v) is 5.31. The maximum Gasteiger partial charge on any atom is 0.400 e. The number of hydrogen-bond donors (Lipinski definition) is 0. The average Bonchev–Trinajstić information content (AvgIpc) is 2.47. The third-order valence-corrected chi connectivity index (χ3v) is 6.26. The molecule has 2 aliphatic carbocycles. The zero-order chi connectivity index (χ0) is 14.0. The Bertz CT molecular complexity index is 376. The van der Waals surface area contributed by atoms with Gasteiger partial charge in [0, 0.05) is 6.42 Å². The van der Waals surface area contributed by atoms with E-state index in [1.807, 2.05) is 0 Å². The predicted octanol–water partition coefficient (Wildman–Crippen LogP) is 3.57. The van der Waals surface area contributed by atoms with Gasteiger partial charge in [0.05, 0.1) is 12.2 Å². The fraction of sp³-hybridized carbons (Fsp3) is 1.00. The SMILES string of the molecule is O=S1(=O)O[C@@H](C2CCCCC2)C[C@H](C2CCCCC2)O1. The predicted molar refractivity (Wildman–Crippen MR) is 76.4 cm³/mol. The second-order valence-corrected chi connectivity index (χ2v) is 7.91. The van der Waals surface area contributed by atoms with E-state index in [1.165, 1.54) is 38.5 Å². The Morgan fingerprint density at radius 2 is 1.05 bits per heavy atom. The van der Waals surface area contributed by atoms with Crippen LogP contribution in [-0.4, -0.2) is 20.6 Å². The lowest BCUT2D eigenvalue weighted by Gasteiger charge is -2.38. The number of hydrogen-bond acceptors (Lipinski definition) is 4. The molecule has 0 bridgehead atoms. The summed E-state index contributed by atoms with van der Waals surface area (Å²) in [4.78, 5) is 0. The van der Waals surface area contributed by atoms with Crippen molar-refractivity contribution in [3.63, 3.8) is 0 Å². The van der Waals surface area contributed by atoms with Gasteiger partial charge < -0.3 is 0 Å². The third-order valence-electron chi connectivity index (χ3n) is 5.30. The zero-order valence-electron chi connectivity index (χ0n) is 12.1. The molecule has 0 unspecified atom stereocenters. The van der Waals surface area contributed by atoms with Crippen LogP contribution in [0, 0.1) is 11.8 Å². The first-order valence-corrected chi connectivity index (χ1v) is 9.59. The van der Waals surface area contributed by atoms with E-state index in [-0.39, 0.29) is 12.2 Å². The summed E-state index contributed by atoms with van der Waals surface area (Å²) in [7, 11) is -3.78. The smallest absolute Gasteiger partial charge is 0.244 e. The quantitative estimate of drug-likeness (QED) is 0.782. The first-order valence-electron chi connectivity index (χ1n) is 8.25. The highest BCUT2D eigenvalue weighted by atomic mass is 32.3. The molecule has 5 heteroatoms. The molecule has 1 aliphatic heterocycles. The van der Waals surface area contributed by atoms with Gasteiger partial charge in [0.15, 0.2) is 0 Å². The maximum atomic E-state index is 11.9. The van der Waals surface area contributed by atoms with E-state index in [0.29, 0.717) is 11.8 Å². The number of rotatable bonds is 2. The molecule has 0 aromatic rings. The van der Waals surface area contributed by atoms with Crippen LogP contribution in [0.3, 0.4) is 0 Å². The molecule has 2 atom stereocenters. The van der Waals surface area contributed by atoms with Gasteiger partial charge in [-0.15, -0.1) is 0 Å². The largest absolute Gasteiger partial charge is 0.400 e. The van der Waals surface area contributed by atoms with Gasteiger partial charge in [-0.25, -0.2) is 8.37 Å². The summed E-state index contributed by atoms with van der Waals surface area (Å²) in [5, 5.41) is 0.